The quantitative estimate of drug-likeness (QED) is 0.914. The van der Waals surface area contributed by atoms with Crippen molar-refractivity contribution in [1.29, 1.82) is 0 Å². The van der Waals surface area contributed by atoms with E-state index in [4.69, 9.17) is 15.0 Å². The second kappa shape index (κ2) is 5.20. The normalized spacial score (nSPS) is 17.3. The zero-order valence-corrected chi connectivity index (χ0v) is 11.5. The predicted octanol–water partition coefficient (Wildman–Crippen LogP) is 1.79. The topological polar surface area (TPSA) is 87.1 Å². The van der Waals surface area contributed by atoms with Gasteiger partial charge in [-0.15, -0.1) is 0 Å². The highest BCUT2D eigenvalue weighted by molar-refractivity contribution is 5.20. The van der Waals surface area contributed by atoms with Gasteiger partial charge in [-0.2, -0.15) is 4.98 Å². The molecule has 1 aliphatic carbocycles. The van der Waals surface area contributed by atoms with Crippen molar-refractivity contribution in [3.8, 4) is 5.88 Å². The Morgan fingerprint density at radius 1 is 1.35 bits per heavy atom. The third kappa shape index (κ3) is 2.51. The zero-order chi connectivity index (χ0) is 14.0. The van der Waals surface area contributed by atoms with Gasteiger partial charge in [0.2, 0.25) is 11.8 Å². The summed E-state index contributed by atoms with van der Waals surface area (Å²) in [7, 11) is 1.59. The van der Waals surface area contributed by atoms with Crippen LogP contribution < -0.4 is 10.5 Å². The smallest absolute Gasteiger partial charge is 0.246 e. The Hall–Kier alpha value is -1.95. The third-order valence-corrected chi connectivity index (χ3v) is 3.76. The molecular formula is C14H18N4O2. The van der Waals surface area contributed by atoms with Crippen LogP contribution in [0, 0.1) is 0 Å². The first-order valence-corrected chi connectivity index (χ1v) is 6.80. The minimum absolute atomic E-state index is 0.427. The van der Waals surface area contributed by atoms with Crippen LogP contribution in [0.15, 0.2) is 22.9 Å². The van der Waals surface area contributed by atoms with Crippen molar-refractivity contribution in [2.24, 2.45) is 5.73 Å². The third-order valence-electron chi connectivity index (χ3n) is 3.76. The van der Waals surface area contributed by atoms with Crippen LogP contribution in [0.2, 0.25) is 0 Å². The highest BCUT2D eigenvalue weighted by atomic mass is 16.5. The van der Waals surface area contributed by atoms with Crippen LogP contribution in [-0.4, -0.2) is 22.2 Å². The maximum atomic E-state index is 6.30. The lowest BCUT2D eigenvalue weighted by Gasteiger charge is -2.17. The van der Waals surface area contributed by atoms with Gasteiger partial charge >= 0.3 is 0 Å². The van der Waals surface area contributed by atoms with Crippen LogP contribution in [0.5, 0.6) is 5.88 Å². The van der Waals surface area contributed by atoms with Crippen molar-refractivity contribution in [2.75, 3.05) is 7.11 Å². The first-order chi connectivity index (χ1) is 9.69. The molecule has 2 N–H and O–H groups in total. The number of ether oxygens (including phenoxy) is 1. The van der Waals surface area contributed by atoms with E-state index in [0.29, 0.717) is 24.0 Å². The fourth-order valence-corrected chi connectivity index (χ4v) is 2.57. The lowest BCUT2D eigenvalue weighted by atomic mass is 9.99. The molecule has 0 unspecified atom stereocenters. The number of nitrogens with zero attached hydrogens (tertiary/aromatic N) is 3. The van der Waals surface area contributed by atoms with Crippen molar-refractivity contribution in [3.05, 3.63) is 35.6 Å². The van der Waals surface area contributed by atoms with E-state index >= 15 is 0 Å². The maximum absolute atomic E-state index is 6.30. The number of aromatic nitrogens is 3. The Labute approximate surface area is 117 Å². The minimum atomic E-state index is -0.427. The molecule has 0 radical (unpaired) electrons. The zero-order valence-electron chi connectivity index (χ0n) is 11.5. The Morgan fingerprint density at radius 2 is 2.15 bits per heavy atom. The summed E-state index contributed by atoms with van der Waals surface area (Å²) in [5.74, 6) is 1.80. The molecule has 0 bridgehead atoms. The number of methoxy groups -OCH3 is 1. The SMILES string of the molecule is COc1ccc(Cc2noc(C3(N)CCCC3)n2)cn1. The fourth-order valence-electron chi connectivity index (χ4n) is 2.57. The number of hydrogen-bond donors (Lipinski definition) is 1. The Balaban J connectivity index is 1.73. The van der Waals surface area contributed by atoms with Crippen molar-refractivity contribution in [2.45, 2.75) is 37.6 Å². The molecule has 2 aromatic heterocycles. The first kappa shape index (κ1) is 13.1. The summed E-state index contributed by atoms with van der Waals surface area (Å²) in [6.45, 7) is 0. The van der Waals surface area contributed by atoms with E-state index < -0.39 is 5.54 Å². The average molecular weight is 274 g/mol. The van der Waals surface area contributed by atoms with E-state index in [1.165, 1.54) is 0 Å². The number of pyridine rings is 1. The van der Waals surface area contributed by atoms with Crippen molar-refractivity contribution >= 4 is 0 Å². The molecule has 1 aliphatic rings. The van der Waals surface area contributed by atoms with E-state index in [9.17, 15) is 0 Å². The van der Waals surface area contributed by atoms with Gasteiger partial charge in [0.1, 0.15) is 0 Å². The van der Waals surface area contributed by atoms with Crippen molar-refractivity contribution < 1.29 is 9.26 Å². The lowest BCUT2D eigenvalue weighted by molar-refractivity contribution is 0.284. The summed E-state index contributed by atoms with van der Waals surface area (Å²) in [6.07, 6.45) is 6.41. The van der Waals surface area contributed by atoms with E-state index in [2.05, 4.69) is 15.1 Å². The molecule has 1 fully saturated rings. The molecule has 0 spiro atoms. The maximum Gasteiger partial charge on any atom is 0.246 e. The van der Waals surface area contributed by atoms with Gasteiger partial charge in [0.05, 0.1) is 12.6 Å². The van der Waals surface area contributed by atoms with E-state index in [1.807, 2.05) is 12.1 Å². The van der Waals surface area contributed by atoms with Crippen LogP contribution >= 0.6 is 0 Å². The van der Waals surface area contributed by atoms with E-state index in [1.54, 1.807) is 13.3 Å². The molecule has 2 heterocycles. The van der Waals surface area contributed by atoms with Gasteiger partial charge in [-0.05, 0) is 18.4 Å². The van der Waals surface area contributed by atoms with Crippen LogP contribution in [0.1, 0.15) is 43.0 Å². The van der Waals surface area contributed by atoms with Crippen LogP contribution in [-0.2, 0) is 12.0 Å². The molecule has 0 amide bonds. The van der Waals surface area contributed by atoms with Crippen molar-refractivity contribution in [3.63, 3.8) is 0 Å². The van der Waals surface area contributed by atoms with Gasteiger partial charge in [0, 0.05) is 18.7 Å². The van der Waals surface area contributed by atoms with Gasteiger partial charge < -0.3 is 15.0 Å². The molecule has 3 rings (SSSR count). The van der Waals surface area contributed by atoms with E-state index in [0.717, 1.165) is 31.2 Å². The molecule has 6 heteroatoms. The molecule has 0 aromatic carbocycles. The molecule has 0 atom stereocenters. The Kier molecular flexibility index (Phi) is 3.40. The Bertz CT molecular complexity index is 573. The standard InChI is InChI=1S/C14H18N4O2/c1-19-12-5-4-10(9-16-12)8-11-17-13(20-18-11)14(15)6-2-3-7-14/h4-5,9H,2-3,6-8,15H2,1H3. The molecule has 106 valence electrons. The van der Waals surface area contributed by atoms with E-state index in [-0.39, 0.29) is 0 Å². The second-order valence-corrected chi connectivity index (χ2v) is 5.26. The molecule has 6 nitrogen and oxygen atoms in total. The summed E-state index contributed by atoms with van der Waals surface area (Å²) in [4.78, 5) is 8.60. The summed E-state index contributed by atoms with van der Waals surface area (Å²) in [5, 5.41) is 4.02. The molecule has 1 saturated carbocycles. The summed E-state index contributed by atoms with van der Waals surface area (Å²) in [5.41, 5.74) is 6.88. The van der Waals surface area contributed by atoms with Crippen molar-refractivity contribution in [1.82, 2.24) is 15.1 Å². The largest absolute Gasteiger partial charge is 0.481 e. The minimum Gasteiger partial charge on any atom is -0.481 e. The average Bonchev–Trinajstić information content (AvgIpc) is 3.10. The number of nitrogens with two attached hydrogens (primary N) is 1. The Morgan fingerprint density at radius 3 is 2.80 bits per heavy atom. The highest BCUT2D eigenvalue weighted by Crippen LogP contribution is 2.35. The van der Waals surface area contributed by atoms with Gasteiger partial charge in [0.25, 0.3) is 0 Å². The van der Waals surface area contributed by atoms with Gasteiger partial charge in [0.15, 0.2) is 5.82 Å². The summed E-state index contributed by atoms with van der Waals surface area (Å²) in [6, 6.07) is 3.76. The highest BCUT2D eigenvalue weighted by Gasteiger charge is 2.36. The molecule has 20 heavy (non-hydrogen) atoms. The molecule has 0 saturated heterocycles. The molecule has 0 aliphatic heterocycles. The molecular weight excluding hydrogens is 256 g/mol. The monoisotopic (exact) mass is 274 g/mol. The second-order valence-electron chi connectivity index (χ2n) is 5.26. The molecule has 2 aromatic rings. The summed E-state index contributed by atoms with van der Waals surface area (Å²) < 4.78 is 10.4. The predicted molar refractivity (Wildman–Crippen MR) is 72.2 cm³/mol. The van der Waals surface area contributed by atoms with Gasteiger partial charge in [-0.3, -0.25) is 0 Å². The van der Waals surface area contributed by atoms with Gasteiger partial charge in [-0.25, -0.2) is 4.98 Å². The number of rotatable bonds is 4. The van der Waals surface area contributed by atoms with Gasteiger partial charge in [-0.1, -0.05) is 24.1 Å². The number of hydrogen-bond acceptors (Lipinski definition) is 6. The summed E-state index contributed by atoms with van der Waals surface area (Å²) >= 11 is 0. The fraction of sp³-hybridized carbons (Fsp3) is 0.500. The van der Waals surface area contributed by atoms with Crippen LogP contribution in [0.4, 0.5) is 0 Å². The van der Waals surface area contributed by atoms with Crippen LogP contribution in [0.3, 0.4) is 0 Å². The van der Waals surface area contributed by atoms with Crippen LogP contribution in [0.25, 0.3) is 0 Å². The first-order valence-electron chi connectivity index (χ1n) is 6.80. The lowest BCUT2D eigenvalue weighted by Crippen LogP contribution is -2.33.